The predicted molar refractivity (Wildman–Crippen MR) is 77.0 cm³/mol. The summed E-state index contributed by atoms with van der Waals surface area (Å²) in [4.78, 5) is 11.6. The largest absolute Gasteiger partial charge is 0.497 e. The molecule has 0 aliphatic rings. The molecule has 0 aliphatic carbocycles. The number of hydrogen-bond donors (Lipinski definition) is 2. The fourth-order valence-corrected chi connectivity index (χ4v) is 2.08. The van der Waals surface area contributed by atoms with E-state index in [4.69, 9.17) is 9.15 Å². The highest BCUT2D eigenvalue weighted by molar-refractivity contribution is 5.81. The van der Waals surface area contributed by atoms with Crippen LogP contribution >= 0.6 is 0 Å². The van der Waals surface area contributed by atoms with Crippen molar-refractivity contribution in [1.82, 2.24) is 5.32 Å². The highest BCUT2D eigenvalue weighted by Crippen LogP contribution is 2.22. The van der Waals surface area contributed by atoms with Gasteiger partial charge in [0.15, 0.2) is 0 Å². The van der Waals surface area contributed by atoms with Crippen molar-refractivity contribution >= 4 is 11.0 Å². The highest BCUT2D eigenvalue weighted by Gasteiger charge is 2.09. The molecule has 0 saturated heterocycles. The Bertz CT molecular complexity index is 631. The molecule has 108 valence electrons. The average Bonchev–Trinajstić information content (AvgIpc) is 2.47. The fraction of sp³-hybridized carbons (Fsp3) is 0.400. The Balaban J connectivity index is 2.35. The van der Waals surface area contributed by atoms with E-state index in [0.717, 1.165) is 17.4 Å². The Hall–Kier alpha value is -1.85. The SMILES string of the molecule is CC[C@H](CO)NCc1cc(=O)oc2cc(OC)ccc12. The van der Waals surface area contributed by atoms with Gasteiger partial charge in [0, 0.05) is 30.1 Å². The highest BCUT2D eigenvalue weighted by atomic mass is 16.5. The van der Waals surface area contributed by atoms with Crippen molar-refractivity contribution in [2.45, 2.75) is 25.9 Å². The van der Waals surface area contributed by atoms with E-state index in [0.29, 0.717) is 17.9 Å². The lowest BCUT2D eigenvalue weighted by molar-refractivity contribution is 0.238. The van der Waals surface area contributed by atoms with Crippen LogP contribution in [-0.2, 0) is 6.54 Å². The lowest BCUT2D eigenvalue weighted by atomic mass is 10.1. The Morgan fingerprint density at radius 3 is 2.85 bits per heavy atom. The Morgan fingerprint density at radius 1 is 1.40 bits per heavy atom. The van der Waals surface area contributed by atoms with Crippen LogP contribution in [0.15, 0.2) is 33.5 Å². The summed E-state index contributed by atoms with van der Waals surface area (Å²) in [5.41, 5.74) is 0.969. The van der Waals surface area contributed by atoms with Crippen LogP contribution in [-0.4, -0.2) is 24.9 Å². The second-order valence-corrected chi connectivity index (χ2v) is 4.62. The summed E-state index contributed by atoms with van der Waals surface area (Å²) in [5, 5.41) is 13.3. The van der Waals surface area contributed by atoms with E-state index in [-0.39, 0.29) is 18.3 Å². The zero-order valence-electron chi connectivity index (χ0n) is 11.7. The van der Waals surface area contributed by atoms with Crippen molar-refractivity contribution in [3.05, 3.63) is 40.2 Å². The van der Waals surface area contributed by atoms with Crippen LogP contribution in [0.4, 0.5) is 0 Å². The number of hydrogen-bond acceptors (Lipinski definition) is 5. The number of methoxy groups -OCH3 is 1. The van der Waals surface area contributed by atoms with Gasteiger partial charge in [-0.3, -0.25) is 0 Å². The quantitative estimate of drug-likeness (QED) is 0.786. The maximum Gasteiger partial charge on any atom is 0.336 e. The molecule has 0 amide bonds. The molecule has 20 heavy (non-hydrogen) atoms. The number of rotatable bonds is 6. The molecule has 0 radical (unpaired) electrons. The molecule has 0 aliphatic heterocycles. The lowest BCUT2D eigenvalue weighted by Gasteiger charge is -2.14. The van der Waals surface area contributed by atoms with Gasteiger partial charge in [0.25, 0.3) is 0 Å². The van der Waals surface area contributed by atoms with Gasteiger partial charge in [-0.15, -0.1) is 0 Å². The van der Waals surface area contributed by atoms with Gasteiger partial charge < -0.3 is 19.6 Å². The minimum Gasteiger partial charge on any atom is -0.497 e. The summed E-state index contributed by atoms with van der Waals surface area (Å²) in [7, 11) is 1.57. The standard InChI is InChI=1S/C15H19NO4/c1-3-11(9-17)16-8-10-6-15(18)20-14-7-12(19-2)4-5-13(10)14/h4-7,11,16-17H,3,8-9H2,1-2H3/t11-/m1/s1. The molecule has 0 bridgehead atoms. The predicted octanol–water partition coefficient (Wildman–Crippen LogP) is 1.66. The molecule has 5 heteroatoms. The third-order valence-corrected chi connectivity index (χ3v) is 3.33. The summed E-state index contributed by atoms with van der Waals surface area (Å²) < 4.78 is 10.3. The van der Waals surface area contributed by atoms with Crippen molar-refractivity contribution in [3.63, 3.8) is 0 Å². The van der Waals surface area contributed by atoms with Gasteiger partial charge >= 0.3 is 5.63 Å². The molecule has 1 aromatic heterocycles. The minimum atomic E-state index is -0.389. The van der Waals surface area contributed by atoms with E-state index in [2.05, 4.69) is 5.32 Å². The molecule has 0 fully saturated rings. The molecular weight excluding hydrogens is 258 g/mol. The van der Waals surface area contributed by atoms with E-state index >= 15 is 0 Å². The fourth-order valence-electron chi connectivity index (χ4n) is 2.08. The summed E-state index contributed by atoms with van der Waals surface area (Å²) >= 11 is 0. The van der Waals surface area contributed by atoms with Crippen LogP contribution in [0.2, 0.25) is 0 Å². The molecule has 0 saturated carbocycles. The van der Waals surface area contributed by atoms with Crippen molar-refractivity contribution < 1.29 is 14.3 Å². The van der Waals surface area contributed by atoms with Crippen molar-refractivity contribution in [3.8, 4) is 5.75 Å². The third-order valence-electron chi connectivity index (χ3n) is 3.33. The van der Waals surface area contributed by atoms with Gasteiger partial charge in [0.2, 0.25) is 0 Å². The van der Waals surface area contributed by atoms with Crippen LogP contribution in [0.1, 0.15) is 18.9 Å². The van der Waals surface area contributed by atoms with Crippen LogP contribution in [0.3, 0.4) is 0 Å². The van der Waals surface area contributed by atoms with Gasteiger partial charge in [-0.2, -0.15) is 0 Å². The molecule has 2 N–H and O–H groups in total. The first-order valence-corrected chi connectivity index (χ1v) is 6.63. The molecule has 1 atom stereocenters. The van der Waals surface area contributed by atoms with E-state index in [1.807, 2.05) is 19.1 Å². The van der Waals surface area contributed by atoms with Crippen LogP contribution in [0.25, 0.3) is 11.0 Å². The Morgan fingerprint density at radius 2 is 2.20 bits per heavy atom. The minimum absolute atomic E-state index is 0.0237. The molecule has 1 aromatic carbocycles. The van der Waals surface area contributed by atoms with E-state index in [1.54, 1.807) is 13.2 Å². The van der Waals surface area contributed by atoms with Gasteiger partial charge in [-0.1, -0.05) is 6.92 Å². The molecule has 5 nitrogen and oxygen atoms in total. The van der Waals surface area contributed by atoms with Gasteiger partial charge in [0.05, 0.1) is 13.7 Å². The van der Waals surface area contributed by atoms with Crippen molar-refractivity contribution in [2.24, 2.45) is 0 Å². The number of fused-ring (bicyclic) bond motifs is 1. The molecule has 2 aromatic rings. The summed E-state index contributed by atoms with van der Waals surface area (Å²) in [6, 6.07) is 6.90. The average molecular weight is 277 g/mol. The van der Waals surface area contributed by atoms with E-state index in [9.17, 15) is 9.90 Å². The number of ether oxygens (including phenoxy) is 1. The summed E-state index contributed by atoms with van der Waals surface area (Å²) in [6.07, 6.45) is 0.823. The summed E-state index contributed by atoms with van der Waals surface area (Å²) in [5.74, 6) is 0.646. The third kappa shape index (κ3) is 3.18. The van der Waals surface area contributed by atoms with Gasteiger partial charge in [0.1, 0.15) is 11.3 Å². The van der Waals surface area contributed by atoms with Crippen LogP contribution in [0.5, 0.6) is 5.75 Å². The number of nitrogens with one attached hydrogen (secondary N) is 1. The van der Waals surface area contributed by atoms with E-state index < -0.39 is 0 Å². The van der Waals surface area contributed by atoms with Gasteiger partial charge in [-0.05, 0) is 24.1 Å². The maximum atomic E-state index is 11.6. The zero-order chi connectivity index (χ0) is 14.5. The number of aliphatic hydroxyl groups is 1. The first-order valence-electron chi connectivity index (χ1n) is 6.63. The van der Waals surface area contributed by atoms with E-state index in [1.165, 1.54) is 6.07 Å². The topological polar surface area (TPSA) is 71.7 Å². The molecule has 0 unspecified atom stereocenters. The lowest BCUT2D eigenvalue weighted by Crippen LogP contribution is -2.31. The maximum absolute atomic E-state index is 11.6. The summed E-state index contributed by atoms with van der Waals surface area (Å²) in [6.45, 7) is 2.58. The van der Waals surface area contributed by atoms with Crippen LogP contribution < -0.4 is 15.7 Å². The monoisotopic (exact) mass is 277 g/mol. The second-order valence-electron chi connectivity index (χ2n) is 4.62. The zero-order valence-corrected chi connectivity index (χ0v) is 11.7. The second kappa shape index (κ2) is 6.54. The molecular formula is C15H19NO4. The smallest absolute Gasteiger partial charge is 0.336 e. The first-order chi connectivity index (χ1) is 9.67. The van der Waals surface area contributed by atoms with Crippen LogP contribution in [0, 0.1) is 0 Å². The molecule has 2 rings (SSSR count). The molecule has 0 spiro atoms. The Kier molecular flexibility index (Phi) is 4.76. The Labute approximate surface area is 117 Å². The van der Waals surface area contributed by atoms with Crippen molar-refractivity contribution in [2.75, 3.05) is 13.7 Å². The van der Waals surface area contributed by atoms with Crippen molar-refractivity contribution in [1.29, 1.82) is 0 Å². The number of aliphatic hydroxyl groups excluding tert-OH is 1. The molecule has 1 heterocycles. The normalized spacial score (nSPS) is 12.6. The first kappa shape index (κ1) is 14.6. The van der Waals surface area contributed by atoms with Gasteiger partial charge in [-0.25, -0.2) is 4.79 Å². The number of benzene rings is 1.